The van der Waals surface area contributed by atoms with Gasteiger partial charge in [0.25, 0.3) is 5.91 Å². The van der Waals surface area contributed by atoms with Crippen molar-refractivity contribution in [1.29, 1.82) is 0 Å². The first-order chi connectivity index (χ1) is 17.1. The minimum absolute atomic E-state index is 0.129. The summed E-state index contributed by atoms with van der Waals surface area (Å²) in [7, 11) is 0. The molecule has 35 heavy (non-hydrogen) atoms. The molecular formula is C29H31FN2O3. The van der Waals surface area contributed by atoms with E-state index in [9.17, 15) is 14.0 Å². The normalized spacial score (nSPS) is 14.3. The Morgan fingerprint density at radius 1 is 0.886 bits per heavy atom. The van der Waals surface area contributed by atoms with Crippen LogP contribution in [-0.2, 0) is 22.6 Å². The van der Waals surface area contributed by atoms with Crippen LogP contribution in [-0.4, -0.2) is 35.4 Å². The summed E-state index contributed by atoms with van der Waals surface area (Å²) in [4.78, 5) is 28.6. The first-order valence-electron chi connectivity index (χ1n) is 12.1. The Hall–Kier alpha value is -3.67. The zero-order valence-electron chi connectivity index (χ0n) is 19.7. The van der Waals surface area contributed by atoms with Crippen LogP contribution in [0.2, 0.25) is 0 Å². The van der Waals surface area contributed by atoms with Gasteiger partial charge < -0.3 is 15.0 Å². The molecule has 1 aliphatic carbocycles. The van der Waals surface area contributed by atoms with Gasteiger partial charge in [-0.3, -0.25) is 9.59 Å². The highest BCUT2D eigenvalue weighted by Crippen LogP contribution is 2.20. The van der Waals surface area contributed by atoms with Crippen molar-refractivity contribution in [3.05, 3.63) is 102 Å². The van der Waals surface area contributed by atoms with Gasteiger partial charge >= 0.3 is 0 Å². The van der Waals surface area contributed by atoms with E-state index in [-0.39, 0.29) is 36.8 Å². The number of nitrogens with one attached hydrogen (secondary N) is 1. The number of hydrogen-bond donors (Lipinski definition) is 1. The van der Waals surface area contributed by atoms with Crippen molar-refractivity contribution in [3.8, 4) is 5.75 Å². The van der Waals surface area contributed by atoms with Crippen LogP contribution in [0.1, 0.15) is 36.8 Å². The minimum atomic E-state index is -0.727. The maximum atomic E-state index is 13.6. The Kier molecular flexibility index (Phi) is 8.49. The van der Waals surface area contributed by atoms with Crippen LogP contribution >= 0.6 is 0 Å². The summed E-state index contributed by atoms with van der Waals surface area (Å²) in [5.74, 6) is -0.243. The molecule has 1 atom stereocenters. The lowest BCUT2D eigenvalue weighted by Crippen LogP contribution is -2.53. The molecule has 0 radical (unpaired) electrons. The first-order valence-corrected chi connectivity index (χ1v) is 12.1. The van der Waals surface area contributed by atoms with Crippen LogP contribution in [0.15, 0.2) is 84.9 Å². The van der Waals surface area contributed by atoms with Gasteiger partial charge in [0, 0.05) is 19.0 Å². The fourth-order valence-electron chi connectivity index (χ4n) is 4.45. The standard InChI is InChI=1S/C29H31FN2O3/c30-24-17-15-23(16-18-24)20-32(28(33)21-35-26-13-5-2-6-14-26)27(19-22-9-3-1-4-10-22)29(34)31-25-11-7-8-12-25/h1-6,9-10,13-18,25,27H,7-8,11-12,19-21H2,(H,31,34)/t27-/m0/s1. The molecule has 3 aromatic rings. The summed E-state index contributed by atoms with van der Waals surface area (Å²) in [5.41, 5.74) is 1.70. The first kappa shape index (κ1) is 24.5. The second kappa shape index (κ2) is 12.2. The van der Waals surface area contributed by atoms with Crippen LogP contribution in [0.3, 0.4) is 0 Å². The maximum Gasteiger partial charge on any atom is 0.261 e. The van der Waals surface area contributed by atoms with Crippen LogP contribution in [0.4, 0.5) is 4.39 Å². The fourth-order valence-corrected chi connectivity index (χ4v) is 4.45. The van der Waals surface area contributed by atoms with Crippen molar-refractivity contribution in [2.75, 3.05) is 6.61 Å². The summed E-state index contributed by atoms with van der Waals surface area (Å²) < 4.78 is 19.3. The van der Waals surface area contributed by atoms with E-state index in [1.807, 2.05) is 48.5 Å². The van der Waals surface area contributed by atoms with Crippen molar-refractivity contribution >= 4 is 11.8 Å². The number of hydrogen-bond acceptors (Lipinski definition) is 3. The molecule has 182 valence electrons. The number of ether oxygens (including phenoxy) is 1. The third kappa shape index (κ3) is 7.15. The van der Waals surface area contributed by atoms with E-state index in [1.54, 1.807) is 29.2 Å². The van der Waals surface area contributed by atoms with E-state index in [0.717, 1.165) is 36.8 Å². The molecule has 1 N–H and O–H groups in total. The smallest absolute Gasteiger partial charge is 0.261 e. The third-order valence-electron chi connectivity index (χ3n) is 6.34. The molecule has 0 heterocycles. The van der Waals surface area contributed by atoms with Crippen LogP contribution in [0, 0.1) is 5.82 Å². The number of nitrogens with zero attached hydrogens (tertiary/aromatic N) is 1. The number of carbonyl (C=O) groups excluding carboxylic acids is 2. The summed E-state index contributed by atoms with van der Waals surface area (Å²) in [6.45, 7) is -0.0277. The molecule has 0 unspecified atom stereocenters. The lowest BCUT2D eigenvalue weighted by molar-refractivity contribution is -0.143. The Bertz CT molecular complexity index is 1080. The predicted octanol–water partition coefficient (Wildman–Crippen LogP) is 4.90. The summed E-state index contributed by atoms with van der Waals surface area (Å²) in [6, 6.07) is 24.2. The van der Waals surface area contributed by atoms with Crippen molar-refractivity contribution < 1.29 is 18.7 Å². The molecule has 1 aliphatic rings. The Balaban J connectivity index is 1.60. The van der Waals surface area contributed by atoms with Crippen LogP contribution < -0.4 is 10.1 Å². The molecular weight excluding hydrogens is 443 g/mol. The molecule has 1 fully saturated rings. The average Bonchev–Trinajstić information content (AvgIpc) is 3.40. The summed E-state index contributed by atoms with van der Waals surface area (Å²) in [5, 5.41) is 3.17. The van der Waals surface area contributed by atoms with E-state index in [1.165, 1.54) is 12.1 Å². The number of halogens is 1. The topological polar surface area (TPSA) is 58.6 Å². The van der Waals surface area contributed by atoms with Gasteiger partial charge in [-0.1, -0.05) is 73.5 Å². The summed E-state index contributed by atoms with van der Waals surface area (Å²) >= 11 is 0. The Labute approximate surface area is 205 Å². The lowest BCUT2D eigenvalue weighted by atomic mass is 10.0. The van der Waals surface area contributed by atoms with E-state index < -0.39 is 6.04 Å². The third-order valence-corrected chi connectivity index (χ3v) is 6.34. The molecule has 3 aromatic carbocycles. The number of benzene rings is 3. The van der Waals surface area contributed by atoms with Gasteiger partial charge in [-0.2, -0.15) is 0 Å². The van der Waals surface area contributed by atoms with Crippen molar-refractivity contribution in [1.82, 2.24) is 10.2 Å². The van der Waals surface area contributed by atoms with Gasteiger partial charge in [0.1, 0.15) is 17.6 Å². The molecule has 1 saturated carbocycles. The minimum Gasteiger partial charge on any atom is -0.484 e. The van der Waals surface area contributed by atoms with Crippen LogP contribution in [0.25, 0.3) is 0 Å². The van der Waals surface area contributed by atoms with E-state index >= 15 is 0 Å². The Morgan fingerprint density at radius 3 is 2.17 bits per heavy atom. The SMILES string of the molecule is O=C(NC1CCCC1)[C@H](Cc1ccccc1)N(Cc1ccc(F)cc1)C(=O)COc1ccccc1. The van der Waals surface area contributed by atoms with Crippen LogP contribution in [0.5, 0.6) is 5.75 Å². The quantitative estimate of drug-likeness (QED) is 0.455. The van der Waals surface area contributed by atoms with E-state index in [4.69, 9.17) is 4.74 Å². The van der Waals surface area contributed by atoms with E-state index in [2.05, 4.69) is 5.32 Å². The molecule has 4 rings (SSSR count). The molecule has 2 amide bonds. The average molecular weight is 475 g/mol. The number of para-hydroxylation sites is 1. The number of rotatable bonds is 10. The highest BCUT2D eigenvalue weighted by atomic mass is 19.1. The second-order valence-corrected chi connectivity index (χ2v) is 8.95. The fraction of sp³-hybridized carbons (Fsp3) is 0.310. The van der Waals surface area contributed by atoms with Gasteiger partial charge in [-0.25, -0.2) is 4.39 Å². The van der Waals surface area contributed by atoms with Gasteiger partial charge in [0.2, 0.25) is 5.91 Å². The number of amides is 2. The molecule has 0 bridgehead atoms. The molecule has 6 heteroatoms. The highest BCUT2D eigenvalue weighted by Gasteiger charge is 2.32. The van der Waals surface area contributed by atoms with Gasteiger partial charge in [-0.15, -0.1) is 0 Å². The predicted molar refractivity (Wildman–Crippen MR) is 133 cm³/mol. The summed E-state index contributed by atoms with van der Waals surface area (Å²) in [6.07, 6.45) is 4.46. The van der Waals surface area contributed by atoms with Crippen molar-refractivity contribution in [2.24, 2.45) is 0 Å². The molecule has 0 saturated heterocycles. The van der Waals surface area contributed by atoms with E-state index in [0.29, 0.717) is 12.2 Å². The molecule has 0 spiro atoms. The van der Waals surface area contributed by atoms with Gasteiger partial charge in [-0.05, 0) is 48.2 Å². The van der Waals surface area contributed by atoms with Crippen molar-refractivity contribution in [3.63, 3.8) is 0 Å². The van der Waals surface area contributed by atoms with Gasteiger partial charge in [0.15, 0.2) is 6.61 Å². The van der Waals surface area contributed by atoms with Gasteiger partial charge in [0.05, 0.1) is 0 Å². The lowest BCUT2D eigenvalue weighted by Gasteiger charge is -2.32. The zero-order valence-corrected chi connectivity index (χ0v) is 19.7. The Morgan fingerprint density at radius 2 is 1.51 bits per heavy atom. The van der Waals surface area contributed by atoms with Crippen molar-refractivity contribution in [2.45, 2.75) is 50.7 Å². The maximum absolute atomic E-state index is 13.6. The second-order valence-electron chi connectivity index (χ2n) is 8.95. The molecule has 5 nitrogen and oxygen atoms in total. The molecule has 0 aliphatic heterocycles. The zero-order chi connectivity index (χ0) is 24.5. The largest absolute Gasteiger partial charge is 0.484 e. The number of carbonyl (C=O) groups is 2. The monoisotopic (exact) mass is 474 g/mol. The molecule has 0 aromatic heterocycles. The highest BCUT2D eigenvalue weighted by molar-refractivity contribution is 5.88.